The van der Waals surface area contributed by atoms with E-state index in [1.165, 1.54) is 4.90 Å². The minimum absolute atomic E-state index is 0.233. The zero-order valence-electron chi connectivity index (χ0n) is 20.7. The first-order valence-corrected chi connectivity index (χ1v) is 12.7. The summed E-state index contributed by atoms with van der Waals surface area (Å²) in [5.74, 6) is 2.69. The predicted molar refractivity (Wildman–Crippen MR) is 142 cm³/mol. The third-order valence-corrected chi connectivity index (χ3v) is 7.25. The van der Waals surface area contributed by atoms with Crippen molar-refractivity contribution in [2.75, 3.05) is 24.4 Å². The minimum atomic E-state index is -1.11. The maximum Gasteiger partial charge on any atom is 0.303 e. The second-order valence-electron chi connectivity index (χ2n) is 9.32. The van der Waals surface area contributed by atoms with Crippen LogP contribution in [-0.4, -0.2) is 37.6 Å². The molecular weight excluding hydrogens is 478 g/mol. The summed E-state index contributed by atoms with van der Waals surface area (Å²) in [5.41, 5.74) is 1.01. The zero-order valence-corrected chi connectivity index (χ0v) is 21.5. The number of nitrogens with one attached hydrogen (secondary N) is 2. The van der Waals surface area contributed by atoms with Crippen LogP contribution >= 0.6 is 11.6 Å². The smallest absolute Gasteiger partial charge is 0.303 e. The number of ether oxygens (including phenoxy) is 2. The van der Waals surface area contributed by atoms with Gasteiger partial charge in [-0.3, -0.25) is 14.5 Å². The molecule has 0 saturated heterocycles. The quantitative estimate of drug-likeness (QED) is 0.469. The maximum atomic E-state index is 13.9. The van der Waals surface area contributed by atoms with Crippen molar-refractivity contribution < 1.29 is 19.1 Å². The van der Waals surface area contributed by atoms with Gasteiger partial charge < -0.3 is 20.1 Å². The summed E-state index contributed by atoms with van der Waals surface area (Å²) < 4.78 is 10.7. The van der Waals surface area contributed by atoms with E-state index in [4.69, 9.17) is 27.5 Å². The number of carbonyl (C=O) groups excluding carboxylic acids is 2. The lowest BCUT2D eigenvalue weighted by Crippen LogP contribution is -2.61. The Morgan fingerprint density at radius 3 is 2.47 bits per heavy atom. The van der Waals surface area contributed by atoms with Crippen molar-refractivity contribution in [2.45, 2.75) is 63.1 Å². The van der Waals surface area contributed by atoms with Crippen molar-refractivity contribution in [3.8, 4) is 23.8 Å². The van der Waals surface area contributed by atoms with Gasteiger partial charge >= 0.3 is 5.91 Å². The van der Waals surface area contributed by atoms with Crippen molar-refractivity contribution in [2.24, 2.45) is 0 Å². The van der Waals surface area contributed by atoms with Crippen molar-refractivity contribution in [1.82, 2.24) is 5.32 Å². The van der Waals surface area contributed by atoms with Gasteiger partial charge in [0.2, 0.25) is 5.91 Å². The molecule has 0 unspecified atom stereocenters. The Labute approximate surface area is 217 Å². The number of halogens is 1. The molecule has 2 amide bonds. The van der Waals surface area contributed by atoms with Gasteiger partial charge in [0.1, 0.15) is 17.0 Å². The molecule has 2 N–H and O–H groups in total. The van der Waals surface area contributed by atoms with Gasteiger partial charge in [-0.15, -0.1) is 6.42 Å². The van der Waals surface area contributed by atoms with E-state index in [-0.39, 0.29) is 12.5 Å². The van der Waals surface area contributed by atoms with Gasteiger partial charge in [0, 0.05) is 29.9 Å². The average molecular weight is 510 g/mol. The molecule has 2 aromatic rings. The molecule has 0 radical (unpaired) electrons. The van der Waals surface area contributed by atoms with Crippen LogP contribution in [0.1, 0.15) is 50.5 Å². The monoisotopic (exact) mass is 509 g/mol. The average Bonchev–Trinajstić information content (AvgIpc) is 3.73. The van der Waals surface area contributed by atoms with E-state index in [1.807, 2.05) is 24.3 Å². The number of hydrogen-bond acceptors (Lipinski definition) is 5. The molecule has 0 atom stereocenters. The van der Waals surface area contributed by atoms with Crippen LogP contribution in [0.3, 0.4) is 0 Å². The maximum absolute atomic E-state index is 13.9. The van der Waals surface area contributed by atoms with Gasteiger partial charge in [-0.05, 0) is 61.9 Å². The van der Waals surface area contributed by atoms with Gasteiger partial charge in [-0.2, -0.15) is 0 Å². The van der Waals surface area contributed by atoms with E-state index >= 15 is 0 Å². The van der Waals surface area contributed by atoms with E-state index in [0.29, 0.717) is 41.1 Å². The molecule has 2 saturated carbocycles. The van der Waals surface area contributed by atoms with Crippen LogP contribution in [0.4, 0.5) is 11.4 Å². The van der Waals surface area contributed by atoms with Gasteiger partial charge in [-0.1, -0.05) is 30.9 Å². The Morgan fingerprint density at radius 1 is 1.11 bits per heavy atom. The Kier molecular flexibility index (Phi) is 7.95. The number of methoxy groups -OCH3 is 2. The number of hydrogen-bond donors (Lipinski definition) is 2. The van der Waals surface area contributed by atoms with Crippen LogP contribution in [0, 0.1) is 12.3 Å². The molecule has 7 nitrogen and oxygen atoms in total. The van der Waals surface area contributed by atoms with Crippen molar-refractivity contribution in [3.05, 3.63) is 47.0 Å². The molecule has 0 aromatic heterocycles. The van der Waals surface area contributed by atoms with Crippen LogP contribution in [0.15, 0.2) is 36.4 Å². The van der Waals surface area contributed by atoms with Crippen LogP contribution in [0.2, 0.25) is 5.02 Å². The highest BCUT2D eigenvalue weighted by Crippen LogP contribution is 2.40. The van der Waals surface area contributed by atoms with Crippen molar-refractivity contribution >= 4 is 34.8 Å². The fourth-order valence-corrected chi connectivity index (χ4v) is 5.09. The van der Waals surface area contributed by atoms with E-state index in [0.717, 1.165) is 43.4 Å². The molecule has 0 aliphatic heterocycles. The molecule has 4 rings (SSSR count). The lowest BCUT2D eigenvalue weighted by atomic mass is 9.78. The predicted octanol–water partition coefficient (Wildman–Crippen LogP) is 4.92. The number of amides is 2. The van der Waals surface area contributed by atoms with E-state index in [2.05, 4.69) is 16.6 Å². The SMILES string of the molecule is C#CC(=O)N(c1ccc(NC2CC2)c(Cl)c1)C1(C(=O)NCc2ccc(OC)cc2OC)CCCCC1. The summed E-state index contributed by atoms with van der Waals surface area (Å²) in [4.78, 5) is 28.5. The van der Waals surface area contributed by atoms with Crippen LogP contribution in [0.5, 0.6) is 11.5 Å². The number of rotatable bonds is 9. The topological polar surface area (TPSA) is 79.9 Å². The first-order valence-electron chi connectivity index (χ1n) is 12.3. The van der Waals surface area contributed by atoms with E-state index in [1.54, 1.807) is 26.4 Å². The molecule has 190 valence electrons. The second-order valence-corrected chi connectivity index (χ2v) is 9.73. The highest BCUT2D eigenvalue weighted by molar-refractivity contribution is 6.33. The molecule has 0 bridgehead atoms. The molecule has 0 spiro atoms. The fraction of sp³-hybridized carbons (Fsp3) is 0.429. The normalized spacial score (nSPS) is 16.4. The summed E-state index contributed by atoms with van der Waals surface area (Å²) in [6.07, 6.45) is 11.4. The summed E-state index contributed by atoms with van der Waals surface area (Å²) in [7, 11) is 3.16. The van der Waals surface area contributed by atoms with E-state index in [9.17, 15) is 9.59 Å². The summed E-state index contributed by atoms with van der Waals surface area (Å²) in [6.45, 7) is 0.233. The number of nitrogens with zero attached hydrogens (tertiary/aromatic N) is 1. The molecule has 8 heteroatoms. The zero-order chi connectivity index (χ0) is 25.7. The Balaban J connectivity index is 1.64. The number of carbonyl (C=O) groups is 2. The molecule has 2 aliphatic carbocycles. The van der Waals surface area contributed by atoms with Crippen LogP contribution < -0.4 is 25.0 Å². The third kappa shape index (κ3) is 5.39. The van der Waals surface area contributed by atoms with E-state index < -0.39 is 11.4 Å². The standard InChI is InChI=1S/C28H32ClN3O4/c1-4-26(33)32(21-11-13-24(23(29)16-21)31-20-9-10-20)28(14-6-5-7-15-28)27(34)30-18-19-8-12-22(35-2)17-25(19)36-3/h1,8,11-13,16-17,20,31H,5-7,9-10,14-15,18H2,2-3H3,(H,30,34). The minimum Gasteiger partial charge on any atom is -0.497 e. The first-order chi connectivity index (χ1) is 17.4. The highest BCUT2D eigenvalue weighted by atomic mass is 35.5. The highest BCUT2D eigenvalue weighted by Gasteiger charge is 2.47. The molecule has 2 aromatic carbocycles. The molecular formula is C28H32ClN3O4. The number of benzene rings is 2. The molecule has 0 heterocycles. The number of terminal acetylenes is 1. The van der Waals surface area contributed by atoms with Gasteiger partial charge in [-0.25, -0.2) is 0 Å². The largest absolute Gasteiger partial charge is 0.497 e. The molecule has 36 heavy (non-hydrogen) atoms. The first kappa shape index (κ1) is 25.7. The Morgan fingerprint density at radius 2 is 1.86 bits per heavy atom. The second kappa shape index (κ2) is 11.1. The van der Waals surface area contributed by atoms with Gasteiger partial charge in [0.15, 0.2) is 0 Å². The van der Waals surface area contributed by atoms with Gasteiger partial charge in [0.05, 0.1) is 24.9 Å². The van der Waals surface area contributed by atoms with Crippen LogP contribution in [-0.2, 0) is 16.1 Å². The lowest BCUT2D eigenvalue weighted by Gasteiger charge is -2.44. The summed E-state index contributed by atoms with van der Waals surface area (Å²) in [5, 5.41) is 6.92. The van der Waals surface area contributed by atoms with Gasteiger partial charge in [0.25, 0.3) is 0 Å². The lowest BCUT2D eigenvalue weighted by molar-refractivity contribution is -0.130. The fourth-order valence-electron chi connectivity index (χ4n) is 4.86. The van der Waals surface area contributed by atoms with Crippen molar-refractivity contribution in [1.29, 1.82) is 0 Å². The van der Waals surface area contributed by atoms with Crippen LogP contribution in [0.25, 0.3) is 0 Å². The Bertz CT molecular complexity index is 1170. The number of anilines is 2. The summed E-state index contributed by atoms with van der Waals surface area (Å²) >= 11 is 6.58. The van der Waals surface area contributed by atoms with Crippen molar-refractivity contribution in [3.63, 3.8) is 0 Å². The molecule has 2 fully saturated rings. The molecule has 2 aliphatic rings. The Hall–Kier alpha value is -3.37. The summed E-state index contributed by atoms with van der Waals surface area (Å²) in [6, 6.07) is 11.2. The third-order valence-electron chi connectivity index (χ3n) is 6.94.